The van der Waals surface area contributed by atoms with Gasteiger partial charge in [-0.3, -0.25) is 9.59 Å². The highest BCUT2D eigenvalue weighted by Gasteiger charge is 2.31. The molecular formula is C13H13BrO4. The van der Waals surface area contributed by atoms with Gasteiger partial charge in [-0.1, -0.05) is 15.9 Å². The molecule has 0 saturated heterocycles. The van der Waals surface area contributed by atoms with Gasteiger partial charge in [0.1, 0.15) is 5.75 Å². The van der Waals surface area contributed by atoms with E-state index in [1.54, 1.807) is 19.1 Å². The monoisotopic (exact) mass is 312 g/mol. The minimum absolute atomic E-state index is 0.0643. The Morgan fingerprint density at radius 2 is 2.33 bits per heavy atom. The molecule has 4 nitrogen and oxygen atoms in total. The number of ketones is 1. The van der Waals surface area contributed by atoms with E-state index in [0.29, 0.717) is 17.9 Å². The van der Waals surface area contributed by atoms with Crippen LogP contribution in [0.2, 0.25) is 0 Å². The Balaban J connectivity index is 2.15. The third-order valence-corrected chi connectivity index (χ3v) is 3.23. The number of ether oxygens (including phenoxy) is 2. The third-order valence-electron chi connectivity index (χ3n) is 2.74. The molecule has 5 heteroatoms. The first kappa shape index (κ1) is 13.1. The number of carbonyl (C=O) groups is 2. The number of benzene rings is 1. The highest BCUT2D eigenvalue weighted by molar-refractivity contribution is 9.10. The average Bonchev–Trinajstić information content (AvgIpc) is 2.34. The van der Waals surface area contributed by atoms with Gasteiger partial charge < -0.3 is 9.47 Å². The van der Waals surface area contributed by atoms with Gasteiger partial charge in [-0.2, -0.15) is 0 Å². The van der Waals surface area contributed by atoms with Gasteiger partial charge in [0.15, 0.2) is 5.78 Å². The van der Waals surface area contributed by atoms with Crippen molar-refractivity contribution in [2.45, 2.75) is 13.3 Å². The first-order valence-corrected chi connectivity index (χ1v) is 6.53. The second-order valence-corrected chi connectivity index (χ2v) is 4.94. The lowest BCUT2D eigenvalue weighted by Crippen LogP contribution is -2.30. The summed E-state index contributed by atoms with van der Waals surface area (Å²) in [4.78, 5) is 23.6. The van der Waals surface area contributed by atoms with Gasteiger partial charge in [0.2, 0.25) is 0 Å². The van der Waals surface area contributed by atoms with E-state index >= 15 is 0 Å². The fraction of sp³-hybridized carbons (Fsp3) is 0.385. The topological polar surface area (TPSA) is 52.6 Å². The van der Waals surface area contributed by atoms with Crippen LogP contribution in [0.5, 0.6) is 5.75 Å². The summed E-state index contributed by atoms with van der Waals surface area (Å²) >= 11 is 3.31. The second-order valence-electron chi connectivity index (χ2n) is 4.02. The fourth-order valence-corrected chi connectivity index (χ4v) is 2.24. The molecule has 0 aliphatic carbocycles. The fourth-order valence-electron chi connectivity index (χ4n) is 1.88. The molecule has 1 heterocycles. The van der Waals surface area contributed by atoms with Gasteiger partial charge in [-0.15, -0.1) is 0 Å². The van der Waals surface area contributed by atoms with Crippen LogP contribution in [-0.4, -0.2) is 25.0 Å². The van der Waals surface area contributed by atoms with Crippen LogP contribution < -0.4 is 4.74 Å². The summed E-state index contributed by atoms with van der Waals surface area (Å²) in [7, 11) is 0. The Morgan fingerprint density at radius 1 is 1.56 bits per heavy atom. The van der Waals surface area contributed by atoms with E-state index in [-0.39, 0.29) is 24.8 Å². The lowest BCUT2D eigenvalue weighted by Gasteiger charge is -2.23. The van der Waals surface area contributed by atoms with Gasteiger partial charge >= 0.3 is 5.97 Å². The van der Waals surface area contributed by atoms with Crippen molar-refractivity contribution in [1.29, 1.82) is 0 Å². The lowest BCUT2D eigenvalue weighted by molar-refractivity contribution is -0.144. The summed E-state index contributed by atoms with van der Waals surface area (Å²) in [6.07, 6.45) is 0.0681. The highest BCUT2D eigenvalue weighted by Crippen LogP contribution is 2.31. The van der Waals surface area contributed by atoms with Crippen LogP contribution in [0.3, 0.4) is 0 Å². The maximum Gasteiger partial charge on any atom is 0.306 e. The van der Waals surface area contributed by atoms with Gasteiger partial charge in [-0.25, -0.2) is 0 Å². The van der Waals surface area contributed by atoms with Gasteiger partial charge in [0, 0.05) is 4.47 Å². The number of Topliss-reactive ketones (excluding diaryl/α,β-unsaturated/α-hetero) is 1. The van der Waals surface area contributed by atoms with E-state index in [1.807, 2.05) is 6.07 Å². The highest BCUT2D eigenvalue weighted by atomic mass is 79.9. The second kappa shape index (κ2) is 5.52. The number of fused-ring (bicyclic) bond motifs is 1. The van der Waals surface area contributed by atoms with Gasteiger partial charge in [0.05, 0.1) is 31.1 Å². The summed E-state index contributed by atoms with van der Waals surface area (Å²) in [5.41, 5.74) is 0.518. The molecule has 1 aliphatic rings. The zero-order chi connectivity index (χ0) is 13.1. The Labute approximate surface area is 113 Å². The van der Waals surface area contributed by atoms with Gasteiger partial charge in [0.25, 0.3) is 0 Å². The SMILES string of the molecule is CCOC(=O)C[C@H]1COc2ccc(Br)cc2C1=O. The molecule has 2 rings (SSSR count). The molecule has 0 saturated carbocycles. The molecule has 18 heavy (non-hydrogen) atoms. The van der Waals surface area contributed by atoms with Crippen LogP contribution in [0, 0.1) is 5.92 Å². The molecule has 1 aromatic rings. The number of halogens is 1. The Bertz CT molecular complexity index is 484. The largest absolute Gasteiger partial charge is 0.492 e. The molecule has 0 fully saturated rings. The summed E-state index contributed by atoms with van der Waals surface area (Å²) in [5, 5.41) is 0. The van der Waals surface area contributed by atoms with Crippen molar-refractivity contribution in [3.63, 3.8) is 0 Å². The molecule has 0 radical (unpaired) electrons. The summed E-state index contributed by atoms with van der Waals surface area (Å²) in [5.74, 6) is -0.308. The van der Waals surface area contributed by atoms with E-state index < -0.39 is 5.92 Å². The molecule has 0 spiro atoms. The van der Waals surface area contributed by atoms with Crippen LogP contribution in [0.15, 0.2) is 22.7 Å². The molecule has 96 valence electrons. The van der Waals surface area contributed by atoms with Crippen molar-refractivity contribution in [1.82, 2.24) is 0 Å². The number of rotatable bonds is 3. The Hall–Kier alpha value is -1.36. The van der Waals surface area contributed by atoms with E-state index in [2.05, 4.69) is 15.9 Å². The number of carbonyl (C=O) groups excluding carboxylic acids is 2. The molecule has 0 unspecified atom stereocenters. The van der Waals surface area contributed by atoms with Crippen LogP contribution in [0.4, 0.5) is 0 Å². The predicted octanol–water partition coefficient (Wildman–Crippen LogP) is 2.59. The molecule has 1 aromatic carbocycles. The first-order valence-electron chi connectivity index (χ1n) is 5.74. The van der Waals surface area contributed by atoms with Crippen LogP contribution >= 0.6 is 15.9 Å². The maximum atomic E-state index is 12.2. The lowest BCUT2D eigenvalue weighted by atomic mass is 9.92. The van der Waals surface area contributed by atoms with E-state index in [1.165, 1.54) is 0 Å². The predicted molar refractivity (Wildman–Crippen MR) is 68.7 cm³/mol. The van der Waals surface area contributed by atoms with Gasteiger partial charge in [-0.05, 0) is 25.1 Å². The Kier molecular flexibility index (Phi) is 4.01. The molecule has 0 N–H and O–H groups in total. The van der Waals surface area contributed by atoms with E-state index in [0.717, 1.165) is 4.47 Å². The number of hydrogen-bond donors (Lipinski definition) is 0. The quantitative estimate of drug-likeness (QED) is 0.805. The van der Waals surface area contributed by atoms with Crippen molar-refractivity contribution >= 4 is 27.7 Å². The average molecular weight is 313 g/mol. The van der Waals surface area contributed by atoms with Crippen molar-refractivity contribution < 1.29 is 19.1 Å². The van der Waals surface area contributed by atoms with Crippen LogP contribution in [0.1, 0.15) is 23.7 Å². The first-order chi connectivity index (χ1) is 8.61. The zero-order valence-corrected chi connectivity index (χ0v) is 11.5. The standard InChI is InChI=1S/C13H13BrO4/c1-2-17-12(15)5-8-7-18-11-4-3-9(14)6-10(11)13(8)16/h3-4,6,8H,2,5,7H2,1H3/t8-/m0/s1. The normalized spacial score (nSPS) is 17.9. The molecule has 0 amide bonds. The van der Waals surface area contributed by atoms with Crippen molar-refractivity contribution in [3.05, 3.63) is 28.2 Å². The van der Waals surface area contributed by atoms with Crippen molar-refractivity contribution in [3.8, 4) is 5.75 Å². The minimum Gasteiger partial charge on any atom is -0.492 e. The van der Waals surface area contributed by atoms with Crippen LogP contribution in [0.25, 0.3) is 0 Å². The Morgan fingerprint density at radius 3 is 3.06 bits per heavy atom. The van der Waals surface area contributed by atoms with Crippen molar-refractivity contribution in [2.75, 3.05) is 13.2 Å². The van der Waals surface area contributed by atoms with E-state index in [4.69, 9.17) is 9.47 Å². The smallest absolute Gasteiger partial charge is 0.306 e. The molecule has 0 aromatic heterocycles. The minimum atomic E-state index is -0.453. The summed E-state index contributed by atoms with van der Waals surface area (Å²) < 4.78 is 11.2. The summed E-state index contributed by atoms with van der Waals surface area (Å²) in [6, 6.07) is 5.28. The van der Waals surface area contributed by atoms with Crippen molar-refractivity contribution in [2.24, 2.45) is 5.92 Å². The molecular weight excluding hydrogens is 300 g/mol. The van der Waals surface area contributed by atoms with E-state index in [9.17, 15) is 9.59 Å². The van der Waals surface area contributed by atoms with Crippen LogP contribution in [-0.2, 0) is 9.53 Å². The molecule has 1 aliphatic heterocycles. The number of esters is 1. The molecule has 1 atom stereocenters. The number of hydrogen-bond acceptors (Lipinski definition) is 4. The molecule has 0 bridgehead atoms. The zero-order valence-electron chi connectivity index (χ0n) is 9.94. The summed E-state index contributed by atoms with van der Waals surface area (Å²) in [6.45, 7) is 2.29. The third kappa shape index (κ3) is 2.72. The maximum absolute atomic E-state index is 12.2.